The fourth-order valence-corrected chi connectivity index (χ4v) is 3.59. The smallest absolute Gasteiger partial charge is 0.274 e. The van der Waals surface area contributed by atoms with Gasteiger partial charge in [0.05, 0.1) is 23.7 Å². The van der Waals surface area contributed by atoms with Crippen LogP contribution in [0.1, 0.15) is 49.4 Å². The van der Waals surface area contributed by atoms with Gasteiger partial charge in [0.15, 0.2) is 11.5 Å². The molecule has 0 radical (unpaired) electrons. The number of carbonyl (C=O) groups excluding carboxylic acids is 1. The summed E-state index contributed by atoms with van der Waals surface area (Å²) in [6.07, 6.45) is 2.61. The quantitative estimate of drug-likeness (QED) is 0.677. The van der Waals surface area contributed by atoms with Crippen molar-refractivity contribution in [3.8, 4) is 0 Å². The van der Waals surface area contributed by atoms with Crippen molar-refractivity contribution in [2.45, 2.75) is 33.1 Å². The SMILES string of the molecule is CCNC(=O)c1noc(C2CC(C(C)C)=C(OC)C=C2OC)c1I. The lowest BCUT2D eigenvalue weighted by Gasteiger charge is -2.27. The van der Waals surface area contributed by atoms with Crippen molar-refractivity contribution in [1.82, 2.24) is 10.5 Å². The average Bonchev–Trinajstić information content (AvgIpc) is 2.95. The van der Waals surface area contributed by atoms with Gasteiger partial charge < -0.3 is 19.3 Å². The maximum Gasteiger partial charge on any atom is 0.274 e. The molecule has 0 fully saturated rings. The van der Waals surface area contributed by atoms with E-state index < -0.39 is 0 Å². The largest absolute Gasteiger partial charge is 0.500 e. The standard InChI is InChI=1S/C17H23IN2O4/c1-6-19-17(21)15-14(18)16(24-20-15)11-7-10(9(2)3)12(22-4)8-13(11)23-5/h8-9,11H,6-7H2,1-5H3,(H,19,21). The molecule has 0 aliphatic heterocycles. The zero-order valence-electron chi connectivity index (χ0n) is 14.6. The van der Waals surface area contributed by atoms with E-state index in [1.54, 1.807) is 14.2 Å². The summed E-state index contributed by atoms with van der Waals surface area (Å²) < 4.78 is 17.3. The number of allylic oxidation sites excluding steroid dienone is 3. The highest BCUT2D eigenvalue weighted by Gasteiger charge is 2.34. The lowest BCUT2D eigenvalue weighted by Crippen LogP contribution is -2.24. The summed E-state index contributed by atoms with van der Waals surface area (Å²) in [6, 6.07) is 0. The van der Waals surface area contributed by atoms with Crippen LogP contribution in [-0.2, 0) is 9.47 Å². The number of rotatable bonds is 6. The summed E-state index contributed by atoms with van der Waals surface area (Å²) in [5, 5.41) is 6.71. The Kier molecular flexibility index (Phi) is 6.31. The van der Waals surface area contributed by atoms with E-state index in [2.05, 4.69) is 46.9 Å². The molecule has 0 aromatic carbocycles. The van der Waals surface area contributed by atoms with Gasteiger partial charge in [-0.25, -0.2) is 0 Å². The molecule has 7 heteroatoms. The van der Waals surface area contributed by atoms with E-state index in [4.69, 9.17) is 14.0 Å². The Hall–Kier alpha value is -1.51. The number of hydrogen-bond acceptors (Lipinski definition) is 5. The predicted molar refractivity (Wildman–Crippen MR) is 98.6 cm³/mol. The molecule has 2 rings (SSSR count). The molecule has 1 heterocycles. The molecular weight excluding hydrogens is 423 g/mol. The number of methoxy groups -OCH3 is 2. The number of hydrogen-bond donors (Lipinski definition) is 1. The topological polar surface area (TPSA) is 73.6 Å². The van der Waals surface area contributed by atoms with Crippen LogP contribution in [0.2, 0.25) is 0 Å². The first kappa shape index (κ1) is 18.8. The molecule has 0 bridgehead atoms. The Morgan fingerprint density at radius 1 is 1.46 bits per heavy atom. The van der Waals surface area contributed by atoms with Crippen LogP contribution in [0.15, 0.2) is 27.7 Å². The first-order valence-electron chi connectivity index (χ1n) is 7.90. The molecule has 1 N–H and O–H groups in total. The fraction of sp³-hybridized carbons (Fsp3) is 0.529. The van der Waals surface area contributed by atoms with Crippen LogP contribution in [0.5, 0.6) is 0 Å². The Morgan fingerprint density at radius 2 is 2.17 bits per heavy atom. The third-order valence-electron chi connectivity index (χ3n) is 4.04. The molecular formula is C17H23IN2O4. The second-order valence-electron chi connectivity index (χ2n) is 5.82. The van der Waals surface area contributed by atoms with Gasteiger partial charge in [-0.15, -0.1) is 0 Å². The zero-order chi connectivity index (χ0) is 17.9. The average molecular weight is 446 g/mol. The number of halogens is 1. The summed E-state index contributed by atoms with van der Waals surface area (Å²) in [7, 11) is 3.29. The van der Waals surface area contributed by atoms with Gasteiger partial charge in [0.1, 0.15) is 11.5 Å². The van der Waals surface area contributed by atoms with Crippen molar-refractivity contribution in [3.63, 3.8) is 0 Å². The first-order valence-corrected chi connectivity index (χ1v) is 8.98. The number of ether oxygens (including phenoxy) is 2. The Labute approximate surface area is 155 Å². The van der Waals surface area contributed by atoms with Crippen molar-refractivity contribution in [1.29, 1.82) is 0 Å². The van der Waals surface area contributed by atoms with E-state index >= 15 is 0 Å². The third kappa shape index (κ3) is 3.60. The Bertz CT molecular complexity index is 676. The number of carbonyl (C=O) groups is 1. The van der Waals surface area contributed by atoms with Gasteiger partial charge >= 0.3 is 0 Å². The van der Waals surface area contributed by atoms with Crippen molar-refractivity contribution in [2.75, 3.05) is 20.8 Å². The lowest BCUT2D eigenvalue weighted by atomic mass is 9.84. The molecule has 132 valence electrons. The van der Waals surface area contributed by atoms with Crippen molar-refractivity contribution >= 4 is 28.5 Å². The maximum absolute atomic E-state index is 12.1. The van der Waals surface area contributed by atoms with E-state index in [1.807, 2.05) is 13.0 Å². The minimum atomic E-state index is -0.229. The van der Waals surface area contributed by atoms with Gasteiger partial charge in [-0.1, -0.05) is 19.0 Å². The number of aromatic nitrogens is 1. The Balaban J connectivity index is 2.41. The molecule has 0 saturated heterocycles. The highest BCUT2D eigenvalue weighted by molar-refractivity contribution is 14.1. The molecule has 0 spiro atoms. The summed E-state index contributed by atoms with van der Waals surface area (Å²) in [5.74, 6) is 2.21. The second-order valence-corrected chi connectivity index (χ2v) is 6.90. The van der Waals surface area contributed by atoms with Crippen molar-refractivity contribution < 1.29 is 18.8 Å². The maximum atomic E-state index is 12.1. The molecule has 1 aliphatic rings. The molecule has 6 nitrogen and oxygen atoms in total. The second kappa shape index (κ2) is 8.04. The fourth-order valence-electron chi connectivity index (χ4n) is 2.77. The molecule has 24 heavy (non-hydrogen) atoms. The highest BCUT2D eigenvalue weighted by Crippen LogP contribution is 2.41. The third-order valence-corrected chi connectivity index (χ3v) is 5.08. The van der Waals surface area contributed by atoms with Gasteiger partial charge in [-0.05, 0) is 47.4 Å². The van der Waals surface area contributed by atoms with Crippen LogP contribution in [0, 0.1) is 9.49 Å². The van der Waals surface area contributed by atoms with Gasteiger partial charge in [0.25, 0.3) is 5.91 Å². The molecule has 1 aromatic rings. The minimum Gasteiger partial charge on any atom is -0.500 e. The van der Waals surface area contributed by atoms with Crippen molar-refractivity contribution in [3.05, 3.63) is 38.2 Å². The lowest BCUT2D eigenvalue weighted by molar-refractivity contribution is 0.0946. The van der Waals surface area contributed by atoms with Crippen LogP contribution in [0.4, 0.5) is 0 Å². The summed E-state index contributed by atoms with van der Waals surface area (Å²) in [5.41, 5.74) is 1.51. The van der Waals surface area contributed by atoms with Crippen LogP contribution < -0.4 is 5.32 Å². The molecule has 1 unspecified atom stereocenters. The van der Waals surface area contributed by atoms with Crippen LogP contribution >= 0.6 is 22.6 Å². The molecule has 0 saturated carbocycles. The zero-order valence-corrected chi connectivity index (χ0v) is 16.8. The van der Waals surface area contributed by atoms with E-state index in [9.17, 15) is 4.79 Å². The molecule has 1 amide bonds. The van der Waals surface area contributed by atoms with Crippen LogP contribution in [0.25, 0.3) is 0 Å². The summed E-state index contributed by atoms with van der Waals surface area (Å²) in [6.45, 7) is 6.66. The van der Waals surface area contributed by atoms with E-state index in [-0.39, 0.29) is 11.8 Å². The van der Waals surface area contributed by atoms with Crippen LogP contribution in [-0.4, -0.2) is 31.8 Å². The van der Waals surface area contributed by atoms with Gasteiger partial charge in [0, 0.05) is 12.6 Å². The van der Waals surface area contributed by atoms with Crippen LogP contribution in [0.3, 0.4) is 0 Å². The van der Waals surface area contributed by atoms with E-state index in [0.29, 0.717) is 30.3 Å². The van der Waals surface area contributed by atoms with Gasteiger partial charge in [0.2, 0.25) is 0 Å². The monoisotopic (exact) mass is 446 g/mol. The molecule has 1 aliphatic carbocycles. The predicted octanol–water partition coefficient (Wildman–Crippen LogP) is 3.60. The summed E-state index contributed by atoms with van der Waals surface area (Å²) >= 11 is 2.11. The first-order chi connectivity index (χ1) is 11.4. The number of amides is 1. The van der Waals surface area contributed by atoms with E-state index in [1.165, 1.54) is 5.57 Å². The number of nitrogens with one attached hydrogen (secondary N) is 1. The Morgan fingerprint density at radius 3 is 2.71 bits per heavy atom. The molecule has 1 aromatic heterocycles. The normalized spacial score (nSPS) is 17.8. The minimum absolute atomic E-state index is 0.117. The van der Waals surface area contributed by atoms with Gasteiger partial charge in [-0.3, -0.25) is 4.79 Å². The van der Waals surface area contributed by atoms with E-state index in [0.717, 1.165) is 15.1 Å². The number of nitrogens with zero attached hydrogens (tertiary/aromatic N) is 1. The van der Waals surface area contributed by atoms with Crippen molar-refractivity contribution in [2.24, 2.45) is 5.92 Å². The molecule has 1 atom stereocenters. The highest BCUT2D eigenvalue weighted by atomic mass is 127. The summed E-state index contributed by atoms with van der Waals surface area (Å²) in [4.78, 5) is 12.1. The van der Waals surface area contributed by atoms with Gasteiger partial charge in [-0.2, -0.15) is 0 Å².